The van der Waals surface area contributed by atoms with Gasteiger partial charge in [-0.2, -0.15) is 0 Å². The molecule has 0 spiro atoms. The molecule has 4 rings (SSSR count). The molecule has 1 N–H and O–H groups in total. The van der Waals surface area contributed by atoms with Gasteiger partial charge in [-0.05, 0) is 23.4 Å². The predicted octanol–water partition coefficient (Wildman–Crippen LogP) is 1.47. The first-order chi connectivity index (χ1) is 16.1. The predicted molar refractivity (Wildman–Crippen MR) is 127 cm³/mol. The molecule has 0 aliphatic heterocycles. The maximum absolute atomic E-state index is 13.3. The molecule has 0 aliphatic rings. The second kappa shape index (κ2) is 10.4. The third-order valence-electron chi connectivity index (χ3n) is 5.28. The molecule has 3 heterocycles. The van der Waals surface area contributed by atoms with Crippen LogP contribution in [-0.4, -0.2) is 44.9 Å². The Bertz CT molecular complexity index is 1340. The first kappa shape index (κ1) is 22.7. The summed E-state index contributed by atoms with van der Waals surface area (Å²) in [5, 5.41) is 4.78. The van der Waals surface area contributed by atoms with Crippen LogP contribution in [0.25, 0.3) is 11.2 Å². The second-order valence-electron chi connectivity index (χ2n) is 7.53. The minimum absolute atomic E-state index is 0.234. The summed E-state index contributed by atoms with van der Waals surface area (Å²) in [6, 6.07) is 13.4. The number of methoxy groups -OCH3 is 1. The van der Waals surface area contributed by atoms with Crippen LogP contribution in [0.1, 0.15) is 10.4 Å². The first-order valence-electron chi connectivity index (χ1n) is 10.6. The lowest BCUT2D eigenvalue weighted by Crippen LogP contribution is -2.44. The molecule has 1 amide bonds. The molecule has 0 fully saturated rings. The Morgan fingerprint density at radius 3 is 2.67 bits per heavy atom. The number of thiophene rings is 1. The van der Waals surface area contributed by atoms with Gasteiger partial charge in [0.25, 0.3) is 5.56 Å². The van der Waals surface area contributed by atoms with Crippen molar-refractivity contribution in [3.63, 3.8) is 0 Å². The number of aromatic nitrogens is 4. The zero-order valence-electron chi connectivity index (χ0n) is 18.3. The van der Waals surface area contributed by atoms with Gasteiger partial charge in [0.2, 0.25) is 5.91 Å². The monoisotopic (exact) mass is 467 g/mol. The highest BCUT2D eigenvalue weighted by Gasteiger charge is 2.20. The average molecular weight is 468 g/mol. The van der Waals surface area contributed by atoms with E-state index in [1.54, 1.807) is 23.0 Å². The van der Waals surface area contributed by atoms with Crippen molar-refractivity contribution in [2.75, 3.05) is 20.3 Å². The normalized spacial score (nSPS) is 11.2. The number of hydrogen-bond acceptors (Lipinski definition) is 6. The number of nitrogens with one attached hydrogen (secondary N) is 1. The number of benzene rings is 1. The fraction of sp³-hybridized carbons (Fsp3) is 0.304. The van der Waals surface area contributed by atoms with Gasteiger partial charge in [-0.3, -0.25) is 14.2 Å². The van der Waals surface area contributed by atoms with E-state index in [4.69, 9.17) is 4.74 Å². The Morgan fingerprint density at radius 1 is 1.12 bits per heavy atom. The molecule has 0 aliphatic carbocycles. The molecular formula is C23H25N5O4S. The standard InChI is InChI=1S/C23H25N5O4S/c1-32-12-11-26-16-25-21-20(26)22(30)28(15-19(29)24-10-9-18-8-5-13-33-18)23(31)27(21)14-17-6-3-2-4-7-17/h2-8,13,16H,9-12,14-15H2,1H3,(H,24,29). The van der Waals surface area contributed by atoms with E-state index in [0.717, 1.165) is 15.0 Å². The van der Waals surface area contributed by atoms with E-state index < -0.39 is 11.2 Å². The summed E-state index contributed by atoms with van der Waals surface area (Å²) in [6.07, 6.45) is 2.22. The third-order valence-corrected chi connectivity index (χ3v) is 6.22. The molecule has 0 bridgehead atoms. The molecule has 0 saturated heterocycles. The van der Waals surface area contributed by atoms with E-state index in [-0.39, 0.29) is 24.5 Å². The van der Waals surface area contributed by atoms with Gasteiger partial charge in [-0.25, -0.2) is 14.3 Å². The molecule has 3 aromatic heterocycles. The topological polar surface area (TPSA) is 100 Å². The van der Waals surface area contributed by atoms with Crippen LogP contribution in [0, 0.1) is 0 Å². The van der Waals surface area contributed by atoms with E-state index >= 15 is 0 Å². The van der Waals surface area contributed by atoms with Gasteiger partial charge in [0.15, 0.2) is 11.2 Å². The number of rotatable bonds is 10. The van der Waals surface area contributed by atoms with Crippen LogP contribution in [0.4, 0.5) is 0 Å². The lowest BCUT2D eigenvalue weighted by Gasteiger charge is -2.13. The van der Waals surface area contributed by atoms with Gasteiger partial charge in [-0.15, -0.1) is 11.3 Å². The Hall–Kier alpha value is -3.50. The number of nitrogens with zero attached hydrogens (tertiary/aromatic N) is 4. The van der Waals surface area contributed by atoms with Crippen molar-refractivity contribution >= 4 is 28.4 Å². The van der Waals surface area contributed by atoms with E-state index in [1.807, 2.05) is 47.8 Å². The molecule has 1 aromatic carbocycles. The number of fused-ring (bicyclic) bond motifs is 1. The average Bonchev–Trinajstić information content (AvgIpc) is 3.49. The van der Waals surface area contributed by atoms with Crippen molar-refractivity contribution in [2.45, 2.75) is 26.1 Å². The molecule has 172 valence electrons. The Balaban J connectivity index is 1.67. The van der Waals surface area contributed by atoms with Gasteiger partial charge >= 0.3 is 5.69 Å². The van der Waals surface area contributed by atoms with Crippen molar-refractivity contribution in [1.29, 1.82) is 0 Å². The van der Waals surface area contributed by atoms with Crippen molar-refractivity contribution in [2.24, 2.45) is 0 Å². The van der Waals surface area contributed by atoms with Crippen LogP contribution in [-0.2, 0) is 35.6 Å². The number of carbonyl (C=O) groups excluding carboxylic acids is 1. The van der Waals surface area contributed by atoms with Crippen molar-refractivity contribution in [1.82, 2.24) is 24.0 Å². The van der Waals surface area contributed by atoms with E-state index in [9.17, 15) is 14.4 Å². The molecule has 0 atom stereocenters. The zero-order chi connectivity index (χ0) is 23.2. The van der Waals surface area contributed by atoms with Gasteiger partial charge < -0.3 is 14.6 Å². The zero-order valence-corrected chi connectivity index (χ0v) is 19.1. The SMILES string of the molecule is COCCn1cnc2c1c(=O)n(CC(=O)NCCc1cccs1)c(=O)n2Cc1ccccc1. The maximum Gasteiger partial charge on any atom is 0.333 e. The summed E-state index contributed by atoms with van der Waals surface area (Å²) in [7, 11) is 1.57. The van der Waals surface area contributed by atoms with Crippen molar-refractivity contribution < 1.29 is 9.53 Å². The molecule has 4 aromatic rings. The highest BCUT2D eigenvalue weighted by Crippen LogP contribution is 2.10. The quantitative estimate of drug-likeness (QED) is 0.381. The number of amides is 1. The fourth-order valence-electron chi connectivity index (χ4n) is 3.63. The van der Waals surface area contributed by atoms with Gasteiger partial charge in [0.05, 0.1) is 19.5 Å². The third kappa shape index (κ3) is 5.12. The van der Waals surface area contributed by atoms with E-state index in [2.05, 4.69) is 10.3 Å². The summed E-state index contributed by atoms with van der Waals surface area (Å²) in [5.41, 5.74) is 0.342. The molecular weight excluding hydrogens is 442 g/mol. The Labute approximate surface area is 193 Å². The smallest absolute Gasteiger partial charge is 0.333 e. The summed E-state index contributed by atoms with van der Waals surface area (Å²) in [4.78, 5) is 44.7. The molecule has 0 radical (unpaired) electrons. The van der Waals surface area contributed by atoms with Gasteiger partial charge in [0.1, 0.15) is 6.54 Å². The van der Waals surface area contributed by atoms with Crippen molar-refractivity contribution in [3.8, 4) is 0 Å². The first-order valence-corrected chi connectivity index (χ1v) is 11.5. The lowest BCUT2D eigenvalue weighted by atomic mass is 10.2. The molecule has 0 saturated carbocycles. The minimum atomic E-state index is -0.568. The second-order valence-corrected chi connectivity index (χ2v) is 8.56. The Kier molecular flexibility index (Phi) is 7.16. The molecule has 10 heteroatoms. The van der Waals surface area contributed by atoms with Gasteiger partial charge in [0, 0.05) is 25.1 Å². The number of ether oxygens (including phenoxy) is 1. The highest BCUT2D eigenvalue weighted by molar-refractivity contribution is 7.09. The van der Waals surface area contributed by atoms with E-state index in [0.29, 0.717) is 31.8 Å². The maximum atomic E-state index is 13.3. The van der Waals surface area contributed by atoms with Crippen LogP contribution >= 0.6 is 11.3 Å². The van der Waals surface area contributed by atoms with Crippen molar-refractivity contribution in [3.05, 3.63) is 85.5 Å². The number of imidazole rings is 1. The highest BCUT2D eigenvalue weighted by atomic mass is 32.1. The fourth-order valence-corrected chi connectivity index (χ4v) is 4.33. The van der Waals surface area contributed by atoms with Crippen LogP contribution in [0.3, 0.4) is 0 Å². The van der Waals surface area contributed by atoms with Crippen LogP contribution < -0.4 is 16.6 Å². The summed E-state index contributed by atoms with van der Waals surface area (Å²) < 4.78 is 9.22. The van der Waals surface area contributed by atoms with Crippen LogP contribution in [0.2, 0.25) is 0 Å². The number of carbonyl (C=O) groups is 1. The Morgan fingerprint density at radius 2 is 1.94 bits per heavy atom. The van der Waals surface area contributed by atoms with E-state index in [1.165, 1.54) is 10.9 Å². The van der Waals surface area contributed by atoms with Gasteiger partial charge in [-0.1, -0.05) is 36.4 Å². The van der Waals surface area contributed by atoms with Crippen LogP contribution in [0.15, 0.2) is 63.8 Å². The number of hydrogen-bond donors (Lipinski definition) is 1. The summed E-state index contributed by atoms with van der Waals surface area (Å²) in [5.74, 6) is -0.390. The largest absolute Gasteiger partial charge is 0.383 e. The minimum Gasteiger partial charge on any atom is -0.383 e. The molecule has 9 nitrogen and oxygen atoms in total. The molecule has 0 unspecified atom stereocenters. The molecule has 33 heavy (non-hydrogen) atoms. The van der Waals surface area contributed by atoms with Crippen LogP contribution in [0.5, 0.6) is 0 Å². The summed E-state index contributed by atoms with van der Waals surface area (Å²) >= 11 is 1.62. The lowest BCUT2D eigenvalue weighted by molar-refractivity contribution is -0.121. The summed E-state index contributed by atoms with van der Waals surface area (Å²) in [6.45, 7) is 1.09.